The molecular weight excluding hydrogens is 249 g/mol. The van der Waals surface area contributed by atoms with Crippen LogP contribution >= 0.6 is 0 Å². The smallest absolute Gasteiger partial charge is 0.185 e. The Bertz CT molecular complexity index is 579. The number of nitrogens with two attached hydrogens (primary N) is 1. The van der Waals surface area contributed by atoms with Crippen LogP contribution in [0.1, 0.15) is 12.8 Å². The zero-order valence-electron chi connectivity index (χ0n) is 10.3. The van der Waals surface area contributed by atoms with E-state index < -0.39 is 5.82 Å². The summed E-state index contributed by atoms with van der Waals surface area (Å²) in [5, 5.41) is 11.4. The second-order valence-corrected chi connectivity index (χ2v) is 4.56. The molecule has 6 nitrogen and oxygen atoms in total. The average molecular weight is 263 g/mol. The van der Waals surface area contributed by atoms with Crippen LogP contribution in [-0.4, -0.2) is 32.9 Å². The van der Waals surface area contributed by atoms with Crippen molar-refractivity contribution in [3.8, 4) is 11.4 Å². The van der Waals surface area contributed by atoms with Gasteiger partial charge in [0.25, 0.3) is 0 Å². The van der Waals surface area contributed by atoms with Crippen molar-refractivity contribution in [1.29, 1.82) is 0 Å². The predicted octanol–water partition coefficient (Wildman–Crippen LogP) is 1.24. The van der Waals surface area contributed by atoms with Gasteiger partial charge < -0.3 is 10.5 Å². The van der Waals surface area contributed by atoms with Gasteiger partial charge in [-0.2, -0.15) is 0 Å². The highest BCUT2D eigenvalue weighted by Gasteiger charge is 2.20. The van der Waals surface area contributed by atoms with E-state index in [1.54, 1.807) is 4.68 Å². The number of nitrogen functional groups attached to an aromatic ring is 1. The normalized spacial score (nSPS) is 18.9. The Labute approximate surface area is 109 Å². The molecule has 0 saturated carbocycles. The minimum absolute atomic E-state index is 0.0892. The molecule has 3 rings (SSSR count). The van der Waals surface area contributed by atoms with Crippen LogP contribution < -0.4 is 5.73 Å². The van der Waals surface area contributed by atoms with Crippen molar-refractivity contribution >= 4 is 5.69 Å². The van der Waals surface area contributed by atoms with Gasteiger partial charge in [0.2, 0.25) is 0 Å². The van der Waals surface area contributed by atoms with Crippen LogP contribution in [0.25, 0.3) is 11.4 Å². The molecule has 2 N–H and O–H groups in total. The van der Waals surface area contributed by atoms with Gasteiger partial charge in [-0.1, -0.05) is 0 Å². The van der Waals surface area contributed by atoms with E-state index in [4.69, 9.17) is 10.5 Å². The number of nitrogens with zero attached hydrogens (tertiary/aromatic N) is 4. The largest absolute Gasteiger partial charge is 0.399 e. The minimum Gasteiger partial charge on any atom is -0.399 e. The molecule has 1 unspecified atom stereocenters. The van der Waals surface area contributed by atoms with Crippen molar-refractivity contribution in [2.45, 2.75) is 25.5 Å². The van der Waals surface area contributed by atoms with Gasteiger partial charge in [-0.25, -0.2) is 9.07 Å². The summed E-state index contributed by atoms with van der Waals surface area (Å²) < 4.78 is 20.9. The standard InChI is InChI=1S/C12H14FN5O/c13-11-4-3-8(14)6-10(11)12-15-16-17-18(12)7-9-2-1-5-19-9/h3-4,6,9H,1-2,5,7,14H2. The molecule has 7 heteroatoms. The van der Waals surface area contributed by atoms with Gasteiger partial charge in [-0.15, -0.1) is 5.10 Å². The molecule has 2 heterocycles. The molecular formula is C12H14FN5O. The molecule has 0 bridgehead atoms. The number of hydrogen-bond acceptors (Lipinski definition) is 5. The third-order valence-corrected chi connectivity index (χ3v) is 3.16. The summed E-state index contributed by atoms with van der Waals surface area (Å²) in [7, 11) is 0. The maximum absolute atomic E-state index is 13.8. The SMILES string of the molecule is Nc1ccc(F)c(-c2nnnn2CC2CCCO2)c1. The average Bonchev–Trinajstić information content (AvgIpc) is 3.04. The molecule has 2 aromatic rings. The van der Waals surface area contributed by atoms with E-state index in [-0.39, 0.29) is 6.10 Å². The van der Waals surface area contributed by atoms with Gasteiger partial charge in [0.15, 0.2) is 5.82 Å². The lowest BCUT2D eigenvalue weighted by Gasteiger charge is -2.10. The summed E-state index contributed by atoms with van der Waals surface area (Å²) in [5.41, 5.74) is 6.46. The third-order valence-electron chi connectivity index (χ3n) is 3.16. The topological polar surface area (TPSA) is 78.9 Å². The van der Waals surface area contributed by atoms with E-state index in [9.17, 15) is 4.39 Å². The first kappa shape index (κ1) is 12.0. The van der Waals surface area contributed by atoms with Crippen LogP contribution in [0.2, 0.25) is 0 Å². The zero-order valence-corrected chi connectivity index (χ0v) is 10.3. The van der Waals surface area contributed by atoms with E-state index in [2.05, 4.69) is 15.5 Å². The molecule has 0 spiro atoms. The number of aromatic nitrogens is 4. The third kappa shape index (κ3) is 2.41. The Morgan fingerprint density at radius 2 is 2.37 bits per heavy atom. The predicted molar refractivity (Wildman–Crippen MR) is 66.6 cm³/mol. The minimum atomic E-state index is -0.391. The number of hydrogen-bond donors (Lipinski definition) is 1. The molecule has 0 radical (unpaired) electrons. The fourth-order valence-electron chi connectivity index (χ4n) is 2.22. The maximum atomic E-state index is 13.8. The summed E-state index contributed by atoms with van der Waals surface area (Å²) in [5.74, 6) is -0.0158. The molecule has 0 amide bonds. The summed E-state index contributed by atoms with van der Waals surface area (Å²) in [6.07, 6.45) is 2.10. The molecule has 1 aliphatic rings. The van der Waals surface area contributed by atoms with Gasteiger partial charge >= 0.3 is 0 Å². The second-order valence-electron chi connectivity index (χ2n) is 4.56. The Morgan fingerprint density at radius 3 is 3.16 bits per heavy atom. The molecule has 1 atom stereocenters. The Kier molecular flexibility index (Phi) is 3.12. The Morgan fingerprint density at radius 1 is 1.47 bits per heavy atom. The maximum Gasteiger partial charge on any atom is 0.185 e. The highest BCUT2D eigenvalue weighted by Crippen LogP contribution is 2.23. The van der Waals surface area contributed by atoms with Crippen LogP contribution in [0.3, 0.4) is 0 Å². The summed E-state index contributed by atoms with van der Waals surface area (Å²) in [6.45, 7) is 1.28. The molecule has 19 heavy (non-hydrogen) atoms. The van der Waals surface area contributed by atoms with Crippen LogP contribution in [0.4, 0.5) is 10.1 Å². The number of ether oxygens (including phenoxy) is 1. The molecule has 1 aromatic carbocycles. The zero-order chi connectivity index (χ0) is 13.2. The van der Waals surface area contributed by atoms with Crippen molar-refractivity contribution in [2.24, 2.45) is 0 Å². The number of tetrazole rings is 1. The molecule has 100 valence electrons. The number of anilines is 1. The summed E-state index contributed by atoms with van der Waals surface area (Å²) in [4.78, 5) is 0. The first-order valence-electron chi connectivity index (χ1n) is 6.17. The highest BCUT2D eigenvalue weighted by atomic mass is 19.1. The number of halogens is 1. The van der Waals surface area contributed by atoms with E-state index in [0.29, 0.717) is 23.6 Å². The summed E-state index contributed by atoms with van der Waals surface area (Å²) in [6, 6.07) is 4.36. The van der Waals surface area contributed by atoms with Crippen molar-refractivity contribution in [2.75, 3.05) is 12.3 Å². The van der Waals surface area contributed by atoms with Gasteiger partial charge in [0.1, 0.15) is 5.82 Å². The van der Waals surface area contributed by atoms with Crippen molar-refractivity contribution in [1.82, 2.24) is 20.2 Å². The van der Waals surface area contributed by atoms with E-state index >= 15 is 0 Å². The van der Waals surface area contributed by atoms with Crippen molar-refractivity contribution in [3.05, 3.63) is 24.0 Å². The Hall–Kier alpha value is -2.02. The molecule has 0 aliphatic carbocycles. The molecule has 1 aliphatic heterocycles. The molecule has 1 aromatic heterocycles. The lowest BCUT2D eigenvalue weighted by molar-refractivity contribution is 0.0939. The quantitative estimate of drug-likeness (QED) is 0.843. The van der Waals surface area contributed by atoms with Gasteiger partial charge in [0, 0.05) is 12.3 Å². The van der Waals surface area contributed by atoms with Crippen LogP contribution in [-0.2, 0) is 11.3 Å². The molecule has 1 saturated heterocycles. The van der Waals surface area contributed by atoms with Gasteiger partial charge in [-0.3, -0.25) is 0 Å². The fraction of sp³-hybridized carbons (Fsp3) is 0.417. The first-order chi connectivity index (χ1) is 9.24. The fourth-order valence-corrected chi connectivity index (χ4v) is 2.22. The monoisotopic (exact) mass is 263 g/mol. The molecule has 1 fully saturated rings. The second kappa shape index (κ2) is 4.93. The summed E-state index contributed by atoms with van der Waals surface area (Å²) >= 11 is 0. The van der Waals surface area contributed by atoms with Gasteiger partial charge in [-0.05, 0) is 41.5 Å². The van der Waals surface area contributed by atoms with Crippen molar-refractivity contribution in [3.63, 3.8) is 0 Å². The number of benzene rings is 1. The van der Waals surface area contributed by atoms with Crippen LogP contribution in [0.5, 0.6) is 0 Å². The Balaban J connectivity index is 1.92. The van der Waals surface area contributed by atoms with Gasteiger partial charge in [0.05, 0.1) is 18.2 Å². The lowest BCUT2D eigenvalue weighted by atomic mass is 10.1. The van der Waals surface area contributed by atoms with Crippen LogP contribution in [0, 0.1) is 5.82 Å². The first-order valence-corrected chi connectivity index (χ1v) is 6.17. The van der Waals surface area contributed by atoms with E-state index in [0.717, 1.165) is 19.4 Å². The van der Waals surface area contributed by atoms with E-state index in [1.165, 1.54) is 18.2 Å². The number of rotatable bonds is 3. The van der Waals surface area contributed by atoms with Crippen LogP contribution in [0.15, 0.2) is 18.2 Å². The lowest BCUT2D eigenvalue weighted by Crippen LogP contribution is -2.17. The van der Waals surface area contributed by atoms with E-state index in [1.807, 2.05) is 0 Å². The van der Waals surface area contributed by atoms with Crippen molar-refractivity contribution < 1.29 is 9.13 Å². The highest BCUT2D eigenvalue weighted by molar-refractivity contribution is 5.61.